The van der Waals surface area contributed by atoms with Gasteiger partial charge in [-0.2, -0.15) is 13.2 Å². The Morgan fingerprint density at radius 2 is 2.06 bits per heavy atom. The van der Waals surface area contributed by atoms with Gasteiger partial charge in [0.25, 0.3) is 0 Å². The molecule has 0 aliphatic carbocycles. The summed E-state index contributed by atoms with van der Waals surface area (Å²) < 4.78 is 44.0. The number of alkyl halides is 3. The number of benzene rings is 1. The minimum atomic E-state index is -4.40. The molecule has 1 heterocycles. The van der Waals surface area contributed by atoms with Crippen molar-refractivity contribution in [3.8, 4) is 5.75 Å². The van der Waals surface area contributed by atoms with Crippen LogP contribution in [0.1, 0.15) is 23.6 Å². The highest BCUT2D eigenvalue weighted by molar-refractivity contribution is 9.10. The lowest BCUT2D eigenvalue weighted by molar-refractivity contribution is -0.138. The number of halogens is 4. The lowest BCUT2D eigenvalue weighted by Crippen LogP contribution is -2.25. The molecule has 0 bridgehead atoms. The van der Waals surface area contributed by atoms with Crippen LogP contribution < -0.4 is 10.5 Å². The highest BCUT2D eigenvalue weighted by atomic mass is 79.9. The molecule has 0 unspecified atom stereocenters. The third-order valence-electron chi connectivity index (χ3n) is 2.50. The zero-order valence-corrected chi connectivity index (χ0v) is 9.73. The van der Waals surface area contributed by atoms with Gasteiger partial charge in [-0.15, -0.1) is 0 Å². The normalized spacial score (nSPS) is 20.2. The zero-order chi connectivity index (χ0) is 11.9. The van der Waals surface area contributed by atoms with Crippen LogP contribution in [-0.4, -0.2) is 6.61 Å². The Labute approximate surface area is 98.7 Å². The number of hydrogen-bond acceptors (Lipinski definition) is 2. The first-order chi connectivity index (χ1) is 7.41. The van der Waals surface area contributed by atoms with Gasteiger partial charge in [-0.3, -0.25) is 0 Å². The Kier molecular flexibility index (Phi) is 2.88. The molecule has 2 rings (SSSR count). The van der Waals surface area contributed by atoms with Crippen LogP contribution in [0.5, 0.6) is 5.75 Å². The molecule has 0 saturated carbocycles. The van der Waals surface area contributed by atoms with E-state index in [9.17, 15) is 13.2 Å². The first-order valence-corrected chi connectivity index (χ1v) is 5.48. The molecule has 1 aliphatic rings. The molecular weight excluding hydrogens is 287 g/mol. The second-order valence-corrected chi connectivity index (χ2v) is 4.43. The van der Waals surface area contributed by atoms with Crippen molar-refractivity contribution in [2.24, 2.45) is 5.73 Å². The third-order valence-corrected chi connectivity index (χ3v) is 3.12. The highest BCUT2D eigenvalue weighted by Gasteiger charge is 2.38. The molecule has 2 N–H and O–H groups in total. The first kappa shape index (κ1) is 11.7. The number of fused-ring (bicyclic) bond motifs is 1. The van der Waals surface area contributed by atoms with Crippen molar-refractivity contribution < 1.29 is 17.9 Å². The fraction of sp³-hybridized carbons (Fsp3) is 0.400. The van der Waals surface area contributed by atoms with Crippen molar-refractivity contribution in [2.75, 3.05) is 6.61 Å². The van der Waals surface area contributed by atoms with E-state index in [1.165, 1.54) is 6.07 Å². The van der Waals surface area contributed by atoms with Crippen molar-refractivity contribution in [3.05, 3.63) is 27.7 Å². The lowest BCUT2D eigenvalue weighted by atomic mass is 9.95. The van der Waals surface area contributed by atoms with Gasteiger partial charge in [0.15, 0.2) is 0 Å². The van der Waals surface area contributed by atoms with Crippen LogP contribution >= 0.6 is 15.9 Å². The molecule has 88 valence electrons. The Morgan fingerprint density at radius 1 is 1.38 bits per heavy atom. The fourth-order valence-corrected chi connectivity index (χ4v) is 2.23. The molecule has 1 atom stereocenters. The molecule has 1 aromatic carbocycles. The highest BCUT2D eigenvalue weighted by Crippen LogP contribution is 2.44. The van der Waals surface area contributed by atoms with Crippen LogP contribution in [0.2, 0.25) is 0 Å². The zero-order valence-electron chi connectivity index (χ0n) is 8.14. The summed E-state index contributed by atoms with van der Waals surface area (Å²) >= 11 is 3.16. The molecule has 1 aromatic rings. The van der Waals surface area contributed by atoms with Crippen molar-refractivity contribution in [2.45, 2.75) is 18.6 Å². The van der Waals surface area contributed by atoms with Crippen LogP contribution in [0.15, 0.2) is 16.6 Å². The minimum Gasteiger partial charge on any atom is -0.492 e. The molecule has 0 aromatic heterocycles. The first-order valence-electron chi connectivity index (χ1n) is 4.69. The molecule has 1 aliphatic heterocycles. The summed E-state index contributed by atoms with van der Waals surface area (Å²) in [6.07, 6.45) is -4.00. The van der Waals surface area contributed by atoms with Crippen molar-refractivity contribution >= 4 is 15.9 Å². The second kappa shape index (κ2) is 3.92. The molecule has 0 radical (unpaired) electrons. The molecule has 0 spiro atoms. The predicted octanol–water partition coefficient (Wildman–Crippen LogP) is 3.25. The van der Waals surface area contributed by atoms with Crippen molar-refractivity contribution in [3.63, 3.8) is 0 Å². The summed E-state index contributed by atoms with van der Waals surface area (Å²) in [5, 5.41) is 0. The van der Waals surface area contributed by atoms with E-state index < -0.39 is 17.8 Å². The molecule has 2 nitrogen and oxygen atoms in total. The molecular formula is C10H9BrF3NO. The van der Waals surface area contributed by atoms with Gasteiger partial charge in [-0.25, -0.2) is 0 Å². The number of nitrogens with two attached hydrogens (primary N) is 1. The monoisotopic (exact) mass is 295 g/mol. The average Bonchev–Trinajstić information content (AvgIpc) is 2.18. The van der Waals surface area contributed by atoms with E-state index in [4.69, 9.17) is 10.5 Å². The molecule has 0 fully saturated rings. The molecule has 16 heavy (non-hydrogen) atoms. The summed E-state index contributed by atoms with van der Waals surface area (Å²) in [4.78, 5) is 0. The van der Waals surface area contributed by atoms with E-state index in [0.717, 1.165) is 6.07 Å². The minimum absolute atomic E-state index is 0.0492. The van der Waals surface area contributed by atoms with Crippen molar-refractivity contribution in [1.82, 2.24) is 0 Å². The largest absolute Gasteiger partial charge is 0.492 e. The fourth-order valence-electron chi connectivity index (χ4n) is 1.77. The van der Waals surface area contributed by atoms with Gasteiger partial charge in [-0.1, -0.05) is 0 Å². The maximum atomic E-state index is 12.8. The third kappa shape index (κ3) is 1.91. The van der Waals surface area contributed by atoms with Crippen LogP contribution in [0.4, 0.5) is 13.2 Å². The molecule has 0 amide bonds. The van der Waals surface area contributed by atoms with E-state index >= 15 is 0 Å². The summed E-state index contributed by atoms with van der Waals surface area (Å²) in [6, 6.07) is 1.73. The maximum absolute atomic E-state index is 12.8. The van der Waals surface area contributed by atoms with Gasteiger partial charge < -0.3 is 10.5 Å². The quantitative estimate of drug-likeness (QED) is 0.797. The predicted molar refractivity (Wildman–Crippen MR) is 56.2 cm³/mol. The van der Waals surface area contributed by atoms with E-state index in [1.807, 2.05) is 0 Å². The van der Waals surface area contributed by atoms with Gasteiger partial charge in [0.2, 0.25) is 0 Å². The summed E-state index contributed by atoms with van der Waals surface area (Å²) in [5.41, 5.74) is 5.05. The molecule has 0 saturated heterocycles. The maximum Gasteiger partial charge on any atom is 0.416 e. The van der Waals surface area contributed by atoms with E-state index in [0.29, 0.717) is 17.5 Å². The Bertz CT molecular complexity index is 419. The molecule has 6 heteroatoms. The Morgan fingerprint density at radius 3 is 2.69 bits per heavy atom. The lowest BCUT2D eigenvalue weighted by Gasteiger charge is -2.27. The number of ether oxygens (including phenoxy) is 1. The van der Waals surface area contributed by atoms with Crippen molar-refractivity contribution in [1.29, 1.82) is 0 Å². The van der Waals surface area contributed by atoms with Gasteiger partial charge in [0, 0.05) is 18.0 Å². The van der Waals surface area contributed by atoms with Gasteiger partial charge in [0.05, 0.1) is 16.6 Å². The standard InChI is InChI=1S/C10H9BrF3NO/c11-6-2-1-5(10(12,13)14)8-7(15)3-4-16-9(6)8/h1-2,7H,3-4,15H2/t7-/m0/s1. The van der Waals surface area contributed by atoms with Gasteiger partial charge in [0.1, 0.15) is 5.75 Å². The van der Waals surface area contributed by atoms with Crippen LogP contribution in [0.25, 0.3) is 0 Å². The Hall–Kier alpha value is -0.750. The summed E-state index contributed by atoms with van der Waals surface area (Å²) in [5.74, 6) is 0.216. The smallest absolute Gasteiger partial charge is 0.416 e. The topological polar surface area (TPSA) is 35.2 Å². The SMILES string of the molecule is N[C@H]1CCOc2c(Br)ccc(C(F)(F)F)c21. The Balaban J connectivity index is 2.64. The van der Waals surface area contributed by atoms with E-state index in [-0.39, 0.29) is 11.3 Å². The summed E-state index contributed by atoms with van der Waals surface area (Å²) in [7, 11) is 0. The summed E-state index contributed by atoms with van der Waals surface area (Å²) in [6.45, 7) is 0.341. The van der Waals surface area contributed by atoms with E-state index in [1.54, 1.807) is 0 Å². The van der Waals surface area contributed by atoms with Crippen LogP contribution in [0, 0.1) is 0 Å². The van der Waals surface area contributed by atoms with Gasteiger partial charge in [-0.05, 0) is 28.1 Å². The van der Waals surface area contributed by atoms with Crippen LogP contribution in [-0.2, 0) is 6.18 Å². The van der Waals surface area contributed by atoms with Gasteiger partial charge >= 0.3 is 6.18 Å². The van der Waals surface area contributed by atoms with E-state index in [2.05, 4.69) is 15.9 Å². The second-order valence-electron chi connectivity index (χ2n) is 3.58. The number of rotatable bonds is 0. The average molecular weight is 296 g/mol. The number of hydrogen-bond donors (Lipinski definition) is 1. The van der Waals surface area contributed by atoms with Crippen LogP contribution in [0.3, 0.4) is 0 Å².